The van der Waals surface area contributed by atoms with Gasteiger partial charge in [-0.05, 0) is 0 Å². The molecule has 0 spiro atoms. The predicted molar refractivity (Wildman–Crippen MR) is 52.5 cm³/mol. The maximum atomic E-state index is 13.6. The quantitative estimate of drug-likeness (QED) is 0.542. The first kappa shape index (κ1) is 12.6. The number of amides is 1. The van der Waals surface area contributed by atoms with E-state index in [1.54, 1.807) is 0 Å². The van der Waals surface area contributed by atoms with Crippen molar-refractivity contribution in [2.45, 2.75) is 18.8 Å². The summed E-state index contributed by atoms with van der Waals surface area (Å²) in [5, 5.41) is 27.5. The van der Waals surface area contributed by atoms with E-state index in [1.165, 1.54) is 18.2 Å². The molecule has 1 aromatic rings. The molecule has 6 heteroatoms. The second-order valence-corrected chi connectivity index (χ2v) is 3.27. The Hall–Kier alpha value is -1.50. The zero-order chi connectivity index (χ0) is 12.3. The summed E-state index contributed by atoms with van der Waals surface area (Å²) in [4.78, 5) is 10.6. The Labute approximate surface area is 90.9 Å². The topological polar surface area (TPSA) is 104 Å². The van der Waals surface area contributed by atoms with Crippen molar-refractivity contribution in [2.24, 2.45) is 5.73 Å². The van der Waals surface area contributed by atoms with Crippen molar-refractivity contribution in [1.82, 2.24) is 0 Å². The average molecular weight is 229 g/mol. The number of aliphatic hydroxyl groups is 3. The van der Waals surface area contributed by atoms with Crippen molar-refractivity contribution in [3.8, 4) is 0 Å². The number of hydrogen-bond acceptors (Lipinski definition) is 4. The van der Waals surface area contributed by atoms with E-state index in [1.807, 2.05) is 0 Å². The Balaban J connectivity index is 3.08. The summed E-state index contributed by atoms with van der Waals surface area (Å²) in [5.41, 5.74) is 4.46. The van der Waals surface area contributed by atoms with E-state index < -0.39 is 30.5 Å². The maximum Gasteiger partial charge on any atom is 0.249 e. The number of primary amides is 1. The van der Waals surface area contributed by atoms with Gasteiger partial charge in [0, 0.05) is 11.1 Å². The molecule has 1 amide bonds. The lowest BCUT2D eigenvalue weighted by Crippen LogP contribution is -2.34. The molecule has 0 aliphatic rings. The normalized spacial score (nSPS) is 14.5. The fourth-order valence-corrected chi connectivity index (χ4v) is 1.28. The van der Waals surface area contributed by atoms with Crippen molar-refractivity contribution in [2.75, 3.05) is 0 Å². The third-order valence-electron chi connectivity index (χ3n) is 2.19. The predicted octanol–water partition coefficient (Wildman–Crippen LogP) is -0.802. The SMILES string of the molecule is NC(=O)C(O)C(O)c1cccc(CO)c1F. The highest BCUT2D eigenvalue weighted by molar-refractivity contribution is 5.79. The third-order valence-corrected chi connectivity index (χ3v) is 2.19. The van der Waals surface area contributed by atoms with Gasteiger partial charge in [-0.1, -0.05) is 18.2 Å². The van der Waals surface area contributed by atoms with Gasteiger partial charge in [-0.25, -0.2) is 4.39 Å². The van der Waals surface area contributed by atoms with Crippen LogP contribution in [0.1, 0.15) is 17.2 Å². The van der Waals surface area contributed by atoms with E-state index in [0.29, 0.717) is 0 Å². The van der Waals surface area contributed by atoms with Crippen LogP contribution in [0.25, 0.3) is 0 Å². The molecular formula is C10H12FNO4. The molecule has 16 heavy (non-hydrogen) atoms. The summed E-state index contributed by atoms with van der Waals surface area (Å²) < 4.78 is 13.6. The minimum atomic E-state index is -1.89. The maximum absolute atomic E-state index is 13.6. The molecule has 0 aliphatic heterocycles. The molecule has 5 N–H and O–H groups in total. The van der Waals surface area contributed by atoms with Crippen LogP contribution in [0.4, 0.5) is 4.39 Å². The molecule has 0 heterocycles. The highest BCUT2D eigenvalue weighted by Crippen LogP contribution is 2.22. The molecular weight excluding hydrogens is 217 g/mol. The first-order valence-electron chi connectivity index (χ1n) is 4.52. The number of carbonyl (C=O) groups excluding carboxylic acids is 1. The highest BCUT2D eigenvalue weighted by Gasteiger charge is 2.26. The summed E-state index contributed by atoms with van der Waals surface area (Å²) in [6, 6.07) is 3.91. The van der Waals surface area contributed by atoms with Gasteiger partial charge in [0.1, 0.15) is 11.9 Å². The van der Waals surface area contributed by atoms with Crippen LogP contribution in [0.2, 0.25) is 0 Å². The Morgan fingerprint density at radius 1 is 1.44 bits per heavy atom. The number of rotatable bonds is 4. The zero-order valence-electron chi connectivity index (χ0n) is 8.30. The van der Waals surface area contributed by atoms with Crippen molar-refractivity contribution >= 4 is 5.91 Å². The molecule has 5 nitrogen and oxygen atoms in total. The number of halogens is 1. The first-order chi connectivity index (χ1) is 7.49. The van der Waals surface area contributed by atoms with Gasteiger partial charge in [0.2, 0.25) is 5.91 Å². The molecule has 0 aliphatic carbocycles. The smallest absolute Gasteiger partial charge is 0.249 e. The Morgan fingerprint density at radius 2 is 2.06 bits per heavy atom. The molecule has 2 unspecified atom stereocenters. The Bertz CT molecular complexity index is 396. The summed E-state index contributed by atoms with van der Waals surface area (Å²) >= 11 is 0. The zero-order valence-corrected chi connectivity index (χ0v) is 8.30. The standard InChI is InChI=1S/C10H12FNO4/c11-7-5(4-13)2-1-3-6(7)8(14)9(15)10(12)16/h1-3,8-9,13-15H,4H2,(H2,12,16). The van der Waals surface area contributed by atoms with Gasteiger partial charge in [-0.15, -0.1) is 0 Å². The van der Waals surface area contributed by atoms with Crippen LogP contribution >= 0.6 is 0 Å². The Morgan fingerprint density at radius 3 is 2.56 bits per heavy atom. The molecule has 0 bridgehead atoms. The molecule has 1 rings (SSSR count). The summed E-state index contributed by atoms with van der Waals surface area (Å²) in [7, 11) is 0. The van der Waals surface area contributed by atoms with E-state index in [0.717, 1.165) is 0 Å². The second kappa shape index (κ2) is 5.02. The lowest BCUT2D eigenvalue weighted by Gasteiger charge is -2.16. The largest absolute Gasteiger partial charge is 0.392 e. The van der Waals surface area contributed by atoms with Gasteiger partial charge >= 0.3 is 0 Å². The lowest BCUT2D eigenvalue weighted by atomic mass is 10.0. The molecule has 2 atom stereocenters. The van der Waals surface area contributed by atoms with Gasteiger partial charge in [0.25, 0.3) is 0 Å². The van der Waals surface area contributed by atoms with Crippen molar-refractivity contribution < 1.29 is 24.5 Å². The van der Waals surface area contributed by atoms with Gasteiger partial charge in [0.15, 0.2) is 6.10 Å². The fraction of sp³-hybridized carbons (Fsp3) is 0.300. The molecule has 0 saturated heterocycles. The van der Waals surface area contributed by atoms with Crippen LogP contribution in [0.3, 0.4) is 0 Å². The van der Waals surface area contributed by atoms with Crippen LogP contribution in [0, 0.1) is 5.82 Å². The van der Waals surface area contributed by atoms with Crippen LogP contribution in [-0.2, 0) is 11.4 Å². The van der Waals surface area contributed by atoms with Crippen molar-refractivity contribution in [3.05, 3.63) is 35.1 Å². The minimum absolute atomic E-state index is 0.0341. The number of hydrogen-bond donors (Lipinski definition) is 4. The molecule has 0 radical (unpaired) electrons. The number of benzene rings is 1. The van der Waals surface area contributed by atoms with Crippen LogP contribution in [0.15, 0.2) is 18.2 Å². The van der Waals surface area contributed by atoms with E-state index >= 15 is 0 Å². The monoisotopic (exact) mass is 229 g/mol. The van der Waals surface area contributed by atoms with Gasteiger partial charge in [-0.3, -0.25) is 4.79 Å². The average Bonchev–Trinajstić information content (AvgIpc) is 2.27. The van der Waals surface area contributed by atoms with Crippen LogP contribution in [0.5, 0.6) is 0 Å². The molecule has 88 valence electrons. The van der Waals surface area contributed by atoms with Gasteiger partial charge < -0.3 is 21.1 Å². The van der Waals surface area contributed by atoms with Crippen LogP contribution < -0.4 is 5.73 Å². The molecule has 0 saturated carbocycles. The van der Waals surface area contributed by atoms with E-state index in [-0.39, 0.29) is 11.1 Å². The summed E-state index contributed by atoms with van der Waals surface area (Å²) in [6.07, 6.45) is -3.63. The second-order valence-electron chi connectivity index (χ2n) is 3.27. The summed E-state index contributed by atoms with van der Waals surface area (Å²) in [5.74, 6) is -2.01. The van der Waals surface area contributed by atoms with Crippen molar-refractivity contribution in [3.63, 3.8) is 0 Å². The lowest BCUT2D eigenvalue weighted by molar-refractivity contribution is -0.132. The highest BCUT2D eigenvalue weighted by atomic mass is 19.1. The number of carbonyl (C=O) groups is 1. The minimum Gasteiger partial charge on any atom is -0.392 e. The van der Waals surface area contributed by atoms with E-state index in [9.17, 15) is 19.4 Å². The van der Waals surface area contributed by atoms with Crippen LogP contribution in [-0.4, -0.2) is 27.3 Å². The number of aliphatic hydroxyl groups excluding tert-OH is 3. The summed E-state index contributed by atoms with van der Waals surface area (Å²) in [6.45, 7) is -0.543. The fourth-order valence-electron chi connectivity index (χ4n) is 1.28. The molecule has 0 aromatic heterocycles. The Kier molecular flexibility index (Phi) is 3.94. The number of nitrogens with two attached hydrogens (primary N) is 1. The van der Waals surface area contributed by atoms with E-state index in [2.05, 4.69) is 0 Å². The van der Waals surface area contributed by atoms with Gasteiger partial charge in [-0.2, -0.15) is 0 Å². The molecule has 1 aromatic carbocycles. The third kappa shape index (κ3) is 2.35. The first-order valence-corrected chi connectivity index (χ1v) is 4.52. The van der Waals surface area contributed by atoms with Gasteiger partial charge in [0.05, 0.1) is 6.61 Å². The molecule has 0 fully saturated rings. The van der Waals surface area contributed by atoms with Crippen molar-refractivity contribution in [1.29, 1.82) is 0 Å². The van der Waals surface area contributed by atoms with E-state index in [4.69, 9.17) is 10.8 Å².